The number of unbranched alkanes of at least 4 members (excludes halogenated alkanes) is 2. The van der Waals surface area contributed by atoms with Crippen LogP contribution >= 0.6 is 0 Å². The summed E-state index contributed by atoms with van der Waals surface area (Å²) in [4.78, 5) is 27.8. The van der Waals surface area contributed by atoms with Crippen molar-refractivity contribution in [3.05, 3.63) is 131 Å². The van der Waals surface area contributed by atoms with E-state index in [1.807, 2.05) is 109 Å². The summed E-state index contributed by atoms with van der Waals surface area (Å²) in [6.45, 7) is 1.16. The average Bonchev–Trinajstić information content (AvgIpc) is 3.55. The van der Waals surface area contributed by atoms with Gasteiger partial charge in [-0.1, -0.05) is 91.3 Å². The highest BCUT2D eigenvalue weighted by Gasteiger charge is 2.51. The van der Waals surface area contributed by atoms with Gasteiger partial charge < -0.3 is 34.3 Å². The van der Waals surface area contributed by atoms with Crippen LogP contribution in [0.5, 0.6) is 11.5 Å². The standard InChI is InChI=1S/C40H46N2O7/c1-46-35-21-17-31(18-22-35)29-49-40(32-14-8-4-9-15-32,33-19-23-36(47-2)24-20-33)37-26-34(43)27-42(37)38(44)16-10-5-11-25-41-39(45)48-28-30-12-6-3-7-13-30/h3-4,6-9,12-15,17-24,34,37,43H,5,10-11,16,25-29H2,1-2H3,(H,41,45). The molecule has 4 aromatic rings. The number of ether oxygens (including phenoxy) is 4. The van der Waals surface area contributed by atoms with Gasteiger partial charge in [0.05, 0.1) is 33.0 Å². The number of aliphatic hydroxyl groups excluding tert-OH is 1. The molecule has 4 aromatic carbocycles. The predicted octanol–water partition coefficient (Wildman–Crippen LogP) is 6.61. The van der Waals surface area contributed by atoms with Crippen molar-refractivity contribution in [3.63, 3.8) is 0 Å². The number of β-amino-alcohol motifs (C(OH)–C–C–N with tert-alkyl or cyclic N) is 1. The van der Waals surface area contributed by atoms with Gasteiger partial charge in [0, 0.05) is 19.5 Å². The maximum atomic E-state index is 14.0. The van der Waals surface area contributed by atoms with Crippen LogP contribution in [0.1, 0.15) is 54.4 Å². The third-order valence-corrected chi connectivity index (χ3v) is 8.97. The number of alkyl carbamates (subject to hydrolysis) is 1. The van der Waals surface area contributed by atoms with Crippen molar-refractivity contribution in [2.75, 3.05) is 27.3 Å². The molecule has 258 valence electrons. The van der Waals surface area contributed by atoms with Crippen molar-refractivity contribution < 1.29 is 33.6 Å². The highest BCUT2D eigenvalue weighted by Crippen LogP contribution is 2.45. The second-order valence-corrected chi connectivity index (χ2v) is 12.2. The van der Waals surface area contributed by atoms with Gasteiger partial charge in [0.1, 0.15) is 23.7 Å². The van der Waals surface area contributed by atoms with Gasteiger partial charge in [0.15, 0.2) is 0 Å². The monoisotopic (exact) mass is 666 g/mol. The van der Waals surface area contributed by atoms with E-state index in [0.29, 0.717) is 38.0 Å². The van der Waals surface area contributed by atoms with Gasteiger partial charge in [-0.25, -0.2) is 4.79 Å². The fraction of sp³-hybridized carbons (Fsp3) is 0.350. The van der Waals surface area contributed by atoms with Crippen LogP contribution in [-0.4, -0.2) is 61.5 Å². The zero-order chi connectivity index (χ0) is 34.5. The van der Waals surface area contributed by atoms with Crippen LogP contribution < -0.4 is 14.8 Å². The molecule has 0 bridgehead atoms. The maximum absolute atomic E-state index is 14.0. The van der Waals surface area contributed by atoms with Crippen molar-refractivity contribution in [1.82, 2.24) is 10.2 Å². The minimum Gasteiger partial charge on any atom is -0.497 e. The Morgan fingerprint density at radius 1 is 0.755 bits per heavy atom. The molecule has 9 heteroatoms. The predicted molar refractivity (Wildman–Crippen MR) is 187 cm³/mol. The van der Waals surface area contributed by atoms with Crippen LogP contribution in [0.25, 0.3) is 0 Å². The number of likely N-dealkylation sites (tertiary alicyclic amines) is 1. The molecule has 0 saturated carbocycles. The molecule has 1 saturated heterocycles. The van der Waals surface area contributed by atoms with Crippen LogP contribution in [-0.2, 0) is 33.1 Å². The number of hydrogen-bond donors (Lipinski definition) is 2. The molecule has 3 unspecified atom stereocenters. The summed E-state index contributed by atoms with van der Waals surface area (Å²) in [5.74, 6) is 1.42. The van der Waals surface area contributed by atoms with Crippen LogP contribution in [0.4, 0.5) is 4.79 Å². The molecule has 1 aliphatic heterocycles. The molecule has 2 amide bonds. The Balaban J connectivity index is 1.29. The van der Waals surface area contributed by atoms with Crippen LogP contribution in [0.3, 0.4) is 0 Å². The number of aliphatic hydroxyl groups is 1. The van der Waals surface area contributed by atoms with E-state index in [9.17, 15) is 14.7 Å². The van der Waals surface area contributed by atoms with Crippen molar-refractivity contribution >= 4 is 12.0 Å². The van der Waals surface area contributed by atoms with E-state index in [1.54, 1.807) is 19.1 Å². The SMILES string of the molecule is COc1ccc(COC(c2ccccc2)(c2ccc(OC)cc2)C2CC(O)CN2C(=O)CCCCCNC(=O)OCc2ccccc2)cc1. The summed E-state index contributed by atoms with van der Waals surface area (Å²) in [6.07, 6.45) is 1.61. The van der Waals surface area contributed by atoms with Crippen LogP contribution in [0.2, 0.25) is 0 Å². The summed E-state index contributed by atoms with van der Waals surface area (Å²) in [7, 11) is 3.26. The molecule has 1 heterocycles. The third-order valence-electron chi connectivity index (χ3n) is 8.97. The second kappa shape index (κ2) is 17.5. The van der Waals surface area contributed by atoms with E-state index in [0.717, 1.165) is 34.4 Å². The first-order chi connectivity index (χ1) is 23.9. The van der Waals surface area contributed by atoms with Crippen LogP contribution in [0.15, 0.2) is 109 Å². The number of nitrogens with one attached hydrogen (secondary N) is 1. The molecule has 5 rings (SSSR count). The molecule has 0 aromatic heterocycles. The number of methoxy groups -OCH3 is 2. The minimum atomic E-state index is -1.09. The zero-order valence-corrected chi connectivity index (χ0v) is 28.3. The number of hydrogen-bond acceptors (Lipinski definition) is 7. The third kappa shape index (κ3) is 9.19. The molecular formula is C40H46N2O7. The van der Waals surface area contributed by atoms with E-state index >= 15 is 0 Å². The zero-order valence-electron chi connectivity index (χ0n) is 28.3. The van der Waals surface area contributed by atoms with E-state index in [-0.39, 0.29) is 25.7 Å². The summed E-state index contributed by atoms with van der Waals surface area (Å²) in [6, 6.07) is 34.4. The molecule has 0 aliphatic carbocycles. The molecule has 0 radical (unpaired) electrons. The Labute approximate surface area is 288 Å². The summed E-state index contributed by atoms with van der Waals surface area (Å²) >= 11 is 0. The molecule has 1 fully saturated rings. The molecule has 9 nitrogen and oxygen atoms in total. The first-order valence-electron chi connectivity index (χ1n) is 16.8. The van der Waals surface area contributed by atoms with Gasteiger partial charge in [-0.2, -0.15) is 0 Å². The number of carbonyl (C=O) groups is 2. The lowest BCUT2D eigenvalue weighted by molar-refractivity contribution is -0.141. The molecule has 0 spiro atoms. The average molecular weight is 667 g/mol. The maximum Gasteiger partial charge on any atom is 0.407 e. The Hall–Kier alpha value is -4.86. The van der Waals surface area contributed by atoms with Crippen molar-refractivity contribution in [2.45, 2.75) is 63.1 Å². The van der Waals surface area contributed by atoms with Gasteiger partial charge in [-0.3, -0.25) is 4.79 Å². The Morgan fingerprint density at radius 2 is 1.35 bits per heavy atom. The highest BCUT2D eigenvalue weighted by molar-refractivity contribution is 5.77. The fourth-order valence-corrected chi connectivity index (χ4v) is 6.42. The molecule has 49 heavy (non-hydrogen) atoms. The van der Waals surface area contributed by atoms with Crippen molar-refractivity contribution in [1.29, 1.82) is 0 Å². The number of amides is 2. The summed E-state index contributed by atoms with van der Waals surface area (Å²) in [5, 5.41) is 13.9. The molecule has 1 aliphatic rings. The van der Waals surface area contributed by atoms with Gasteiger partial charge in [0.25, 0.3) is 0 Å². The van der Waals surface area contributed by atoms with E-state index < -0.39 is 23.8 Å². The number of nitrogens with zero attached hydrogens (tertiary/aromatic N) is 1. The van der Waals surface area contributed by atoms with Gasteiger partial charge in [-0.15, -0.1) is 0 Å². The van der Waals surface area contributed by atoms with Gasteiger partial charge >= 0.3 is 6.09 Å². The molecule has 3 atom stereocenters. The van der Waals surface area contributed by atoms with E-state index in [4.69, 9.17) is 18.9 Å². The minimum absolute atomic E-state index is 0.0429. The fourth-order valence-electron chi connectivity index (χ4n) is 6.42. The molecular weight excluding hydrogens is 620 g/mol. The second-order valence-electron chi connectivity index (χ2n) is 12.2. The molecule has 2 N–H and O–H groups in total. The Kier molecular flexibility index (Phi) is 12.7. The number of rotatable bonds is 16. The van der Waals surface area contributed by atoms with E-state index in [2.05, 4.69) is 5.32 Å². The van der Waals surface area contributed by atoms with Crippen LogP contribution in [0, 0.1) is 0 Å². The first-order valence-corrected chi connectivity index (χ1v) is 16.8. The van der Waals surface area contributed by atoms with Gasteiger partial charge in [0.2, 0.25) is 5.91 Å². The van der Waals surface area contributed by atoms with Crippen molar-refractivity contribution in [3.8, 4) is 11.5 Å². The number of benzene rings is 4. The lowest BCUT2D eigenvalue weighted by Gasteiger charge is -2.44. The smallest absolute Gasteiger partial charge is 0.407 e. The number of carbonyl (C=O) groups excluding carboxylic acids is 2. The topological polar surface area (TPSA) is 107 Å². The first kappa shape index (κ1) is 35.4. The Morgan fingerprint density at radius 3 is 2.00 bits per heavy atom. The summed E-state index contributed by atoms with van der Waals surface area (Å²) < 4.78 is 23.1. The normalized spacial score (nSPS) is 16.8. The highest BCUT2D eigenvalue weighted by atomic mass is 16.5. The Bertz CT molecular complexity index is 1600. The largest absolute Gasteiger partial charge is 0.497 e. The van der Waals surface area contributed by atoms with Gasteiger partial charge in [-0.05, 0) is 65.8 Å². The van der Waals surface area contributed by atoms with E-state index in [1.165, 1.54) is 0 Å². The lowest BCUT2D eigenvalue weighted by Crippen LogP contribution is -2.52. The summed E-state index contributed by atoms with van der Waals surface area (Å²) in [5.41, 5.74) is 2.52. The van der Waals surface area contributed by atoms with Crippen molar-refractivity contribution in [2.24, 2.45) is 0 Å². The lowest BCUT2D eigenvalue weighted by atomic mass is 9.78. The quantitative estimate of drug-likeness (QED) is 0.130.